The Labute approximate surface area is 262 Å². The molecule has 0 aliphatic rings. The quantitative estimate of drug-likeness (QED) is 0.0669. The monoisotopic (exact) mass is 684 g/mol. The Hall–Kier alpha value is -2.52. The van der Waals surface area contributed by atoms with Gasteiger partial charge in [-0.1, -0.05) is 152 Å². The lowest BCUT2D eigenvalue weighted by atomic mass is 10.1. The lowest BCUT2D eigenvalue weighted by Crippen LogP contribution is -2.67. The lowest BCUT2D eigenvalue weighted by molar-refractivity contribution is -0.134. The van der Waals surface area contributed by atoms with Gasteiger partial charge in [-0.2, -0.15) is 0 Å². The van der Waals surface area contributed by atoms with Crippen LogP contribution < -0.4 is 10.4 Å². The van der Waals surface area contributed by atoms with Crippen LogP contribution in [0.4, 0.5) is 0 Å². The third-order valence-corrected chi connectivity index (χ3v) is 12.4. The van der Waals surface area contributed by atoms with E-state index >= 15 is 0 Å². The maximum Gasteiger partial charge on any atom is 0.330 e. The predicted molar refractivity (Wildman–Crippen MR) is 183 cm³/mol. The topological polar surface area (TPSA) is 44.8 Å². The fraction of sp³-hybridized carbons (Fsp3) is 0.343. The molecule has 220 valence electrons. The Kier molecular flexibility index (Phi) is 14.7. The molecule has 0 radical (unpaired) electrons. The molecule has 41 heavy (non-hydrogen) atoms. The van der Waals surface area contributed by atoms with Crippen LogP contribution in [0, 0.1) is 0 Å². The number of rotatable bonds is 14. The van der Waals surface area contributed by atoms with Crippen molar-refractivity contribution < 1.29 is 18.7 Å². The number of allylic oxidation sites excluding steroid dienone is 6. The minimum absolute atomic E-state index is 0.00575. The molecule has 0 spiro atoms. The number of hydrogen-bond acceptors (Lipinski definition) is 4. The summed E-state index contributed by atoms with van der Waals surface area (Å²) in [6.45, 7) is 11.0. The van der Waals surface area contributed by atoms with Crippen LogP contribution in [-0.4, -0.2) is 40.7 Å². The molecule has 6 heteroatoms. The molecular formula is C35H45IO4Si. The summed E-state index contributed by atoms with van der Waals surface area (Å²) in [5.74, 6) is -0.366. The largest absolute Gasteiger partial charge is 0.466 e. The minimum Gasteiger partial charge on any atom is -0.466 e. The molecule has 0 saturated heterocycles. The number of carbonyl (C=O) groups excluding carboxylic acids is 1. The van der Waals surface area contributed by atoms with Crippen molar-refractivity contribution in [1.82, 2.24) is 0 Å². The molecule has 0 fully saturated rings. The zero-order valence-corrected chi connectivity index (χ0v) is 28.6. The van der Waals surface area contributed by atoms with Crippen LogP contribution in [0.25, 0.3) is 0 Å². The van der Waals surface area contributed by atoms with Crippen molar-refractivity contribution in [3.05, 3.63) is 118 Å². The van der Waals surface area contributed by atoms with Gasteiger partial charge in [-0.25, -0.2) is 4.79 Å². The Morgan fingerprint density at radius 2 is 1.46 bits per heavy atom. The number of halogens is 1. The average molecular weight is 685 g/mol. The zero-order chi connectivity index (χ0) is 30.3. The van der Waals surface area contributed by atoms with Crippen LogP contribution in [0.5, 0.6) is 0 Å². The normalized spacial score (nSPS) is 15.1. The molecule has 0 aliphatic carbocycles. The number of carbonyl (C=O) groups is 1. The van der Waals surface area contributed by atoms with Gasteiger partial charge in [-0.3, -0.25) is 0 Å². The van der Waals surface area contributed by atoms with Gasteiger partial charge in [0.05, 0.1) is 19.3 Å². The fourth-order valence-electron chi connectivity index (χ4n) is 4.76. The standard InChI is InChI=1S/C35H45IO4Si/c1-28(15-14-20-34(37)39-7)21-22-29(2)23-24-30(38-6)27-31(25-26-36)40-41(35(3,4)5,32-16-10-8-11-17-32)33-18-12-9-13-19-33/h8-23,25-26,30-31H,24,27H2,1-7H3/b20-14+,22-21+,26-25+,28-15-,29-23-/t30-,31+/m0/s1. The van der Waals surface area contributed by atoms with Crippen LogP contribution >= 0.6 is 22.6 Å². The van der Waals surface area contributed by atoms with E-state index in [2.05, 4.69) is 138 Å². The highest BCUT2D eigenvalue weighted by Crippen LogP contribution is 2.38. The molecule has 0 heterocycles. The number of hydrogen-bond donors (Lipinski definition) is 0. The third-order valence-electron chi connectivity index (χ3n) is 6.97. The highest BCUT2D eigenvalue weighted by molar-refractivity contribution is 14.1. The zero-order valence-electron chi connectivity index (χ0n) is 25.5. The fourth-order valence-corrected chi connectivity index (χ4v) is 9.87. The van der Waals surface area contributed by atoms with E-state index < -0.39 is 8.32 Å². The second-order valence-electron chi connectivity index (χ2n) is 11.0. The van der Waals surface area contributed by atoms with Crippen LogP contribution in [0.1, 0.15) is 47.5 Å². The highest BCUT2D eigenvalue weighted by atomic mass is 127. The molecule has 0 N–H and O–H groups in total. The van der Waals surface area contributed by atoms with Gasteiger partial charge in [0.15, 0.2) is 0 Å². The Morgan fingerprint density at radius 3 is 1.95 bits per heavy atom. The molecule has 2 rings (SSSR count). The molecule has 0 bridgehead atoms. The molecule has 4 nitrogen and oxygen atoms in total. The summed E-state index contributed by atoms with van der Waals surface area (Å²) in [7, 11) is 0.446. The Balaban J connectivity index is 2.30. The van der Waals surface area contributed by atoms with Crippen LogP contribution in [0.3, 0.4) is 0 Å². The van der Waals surface area contributed by atoms with Crippen molar-refractivity contribution in [2.24, 2.45) is 0 Å². The maximum atomic E-state index is 11.2. The summed E-state index contributed by atoms with van der Waals surface area (Å²) in [5.41, 5.74) is 2.18. The van der Waals surface area contributed by atoms with E-state index in [1.54, 1.807) is 13.2 Å². The smallest absolute Gasteiger partial charge is 0.330 e. The van der Waals surface area contributed by atoms with Crippen LogP contribution in [-0.2, 0) is 18.7 Å². The van der Waals surface area contributed by atoms with Gasteiger partial charge in [0, 0.05) is 19.6 Å². The maximum absolute atomic E-state index is 11.2. The number of ether oxygens (including phenoxy) is 2. The first-order valence-corrected chi connectivity index (χ1v) is 17.1. The average Bonchev–Trinajstić information content (AvgIpc) is 2.96. The van der Waals surface area contributed by atoms with Gasteiger partial charge >= 0.3 is 5.97 Å². The summed E-state index contributed by atoms with van der Waals surface area (Å²) >= 11 is 2.28. The highest BCUT2D eigenvalue weighted by Gasteiger charge is 2.51. The molecule has 0 unspecified atom stereocenters. The molecule has 0 saturated carbocycles. The number of methoxy groups -OCH3 is 2. The predicted octanol–water partition coefficient (Wildman–Crippen LogP) is 7.85. The minimum atomic E-state index is -2.70. The van der Waals surface area contributed by atoms with Crippen molar-refractivity contribution in [3.63, 3.8) is 0 Å². The molecule has 2 aromatic carbocycles. The summed E-state index contributed by atoms with van der Waals surface area (Å²) < 4.78 is 20.0. The first-order valence-electron chi connectivity index (χ1n) is 13.9. The van der Waals surface area contributed by atoms with Gasteiger partial charge in [-0.15, -0.1) is 0 Å². The Morgan fingerprint density at radius 1 is 0.902 bits per heavy atom. The second kappa shape index (κ2) is 17.4. The summed E-state index contributed by atoms with van der Waals surface area (Å²) in [5, 5.41) is 2.43. The summed E-state index contributed by atoms with van der Waals surface area (Å²) in [6.07, 6.45) is 14.8. The SMILES string of the molecule is COC(=O)/C=C/C=C(C)\C=C\C(C)=C/C[C@@H](C[C@@H](/C=C/I)O[Si](c1ccccc1)(c1ccccc1)C(C)(C)C)OC. The van der Waals surface area contributed by atoms with Crippen LogP contribution in [0.15, 0.2) is 118 Å². The number of benzene rings is 2. The van der Waals surface area contributed by atoms with Crippen molar-refractivity contribution >= 4 is 47.3 Å². The first-order chi connectivity index (χ1) is 19.6. The third kappa shape index (κ3) is 10.7. The molecule has 0 aromatic heterocycles. The second-order valence-corrected chi connectivity index (χ2v) is 16.0. The first kappa shape index (κ1) is 34.7. The molecule has 0 aliphatic heterocycles. The van der Waals surface area contributed by atoms with Crippen molar-refractivity contribution in [3.8, 4) is 0 Å². The van der Waals surface area contributed by atoms with E-state index in [-0.39, 0.29) is 23.2 Å². The molecule has 2 atom stereocenters. The van der Waals surface area contributed by atoms with E-state index in [9.17, 15) is 4.79 Å². The Bertz CT molecular complexity index is 1180. The van der Waals surface area contributed by atoms with Crippen LogP contribution in [0.2, 0.25) is 5.04 Å². The molecule has 0 amide bonds. The molecular weight excluding hydrogens is 639 g/mol. The van der Waals surface area contributed by atoms with E-state index in [1.807, 2.05) is 19.1 Å². The van der Waals surface area contributed by atoms with E-state index in [0.717, 1.165) is 24.0 Å². The number of esters is 1. The van der Waals surface area contributed by atoms with Gasteiger partial charge in [0.1, 0.15) is 0 Å². The van der Waals surface area contributed by atoms with E-state index in [0.29, 0.717) is 0 Å². The van der Waals surface area contributed by atoms with Gasteiger partial charge in [-0.05, 0) is 39.8 Å². The van der Waals surface area contributed by atoms with Gasteiger partial charge < -0.3 is 13.9 Å². The van der Waals surface area contributed by atoms with Crippen molar-refractivity contribution in [2.75, 3.05) is 14.2 Å². The van der Waals surface area contributed by atoms with Gasteiger partial charge in [0.25, 0.3) is 8.32 Å². The van der Waals surface area contributed by atoms with E-state index in [1.165, 1.54) is 23.6 Å². The summed E-state index contributed by atoms with van der Waals surface area (Å²) in [6, 6.07) is 21.5. The summed E-state index contributed by atoms with van der Waals surface area (Å²) in [4.78, 5) is 11.2. The molecule has 2 aromatic rings. The van der Waals surface area contributed by atoms with Crippen molar-refractivity contribution in [2.45, 2.75) is 64.7 Å². The van der Waals surface area contributed by atoms with Gasteiger partial charge in [0.2, 0.25) is 0 Å². The van der Waals surface area contributed by atoms with E-state index in [4.69, 9.17) is 9.16 Å². The van der Waals surface area contributed by atoms with Crippen molar-refractivity contribution in [1.29, 1.82) is 0 Å². The lowest BCUT2D eigenvalue weighted by Gasteiger charge is -2.45.